The molecule has 17 heavy (non-hydrogen) atoms. The van der Waals surface area contributed by atoms with Crippen LogP contribution in [0, 0.1) is 6.92 Å². The topological polar surface area (TPSA) is 52.6 Å². The number of carbonyl (C=O) groups is 1. The number of anilines is 1. The molecule has 1 aromatic rings. The van der Waals surface area contributed by atoms with Gasteiger partial charge < -0.3 is 15.3 Å². The maximum atomic E-state index is 10.8. The van der Waals surface area contributed by atoms with E-state index in [1.54, 1.807) is 12.1 Å². The third-order valence-corrected chi connectivity index (χ3v) is 3.22. The number of aromatic carboxylic acids is 1. The van der Waals surface area contributed by atoms with Crippen LogP contribution in [0.3, 0.4) is 0 Å². The molecule has 0 aromatic heterocycles. The van der Waals surface area contributed by atoms with Crippen molar-refractivity contribution in [1.29, 1.82) is 0 Å². The summed E-state index contributed by atoms with van der Waals surface area (Å²) in [4.78, 5) is 13.1. The normalized spacial score (nSPS) is 20.5. The van der Waals surface area contributed by atoms with E-state index in [9.17, 15) is 4.79 Å². The second-order valence-electron chi connectivity index (χ2n) is 4.73. The van der Waals surface area contributed by atoms with Crippen LogP contribution in [-0.4, -0.2) is 42.2 Å². The van der Waals surface area contributed by atoms with E-state index in [0.717, 1.165) is 30.8 Å². The van der Waals surface area contributed by atoms with E-state index in [0.29, 0.717) is 11.6 Å². The molecular weight excluding hydrogens is 216 g/mol. The van der Waals surface area contributed by atoms with Gasteiger partial charge in [0.1, 0.15) is 0 Å². The molecule has 1 unspecified atom stereocenters. The van der Waals surface area contributed by atoms with Crippen LogP contribution in [0.15, 0.2) is 18.2 Å². The first-order valence-corrected chi connectivity index (χ1v) is 5.85. The van der Waals surface area contributed by atoms with Crippen LogP contribution >= 0.6 is 0 Å². The Labute approximate surface area is 101 Å². The fraction of sp³-hybridized carbons (Fsp3) is 0.462. The number of hydrogen-bond donors (Lipinski definition) is 2. The van der Waals surface area contributed by atoms with Crippen LogP contribution in [0.25, 0.3) is 0 Å². The highest BCUT2D eigenvalue weighted by Crippen LogP contribution is 2.20. The predicted molar refractivity (Wildman–Crippen MR) is 67.7 cm³/mol. The second kappa shape index (κ2) is 4.75. The third kappa shape index (κ3) is 2.77. The van der Waals surface area contributed by atoms with E-state index >= 15 is 0 Å². The van der Waals surface area contributed by atoms with Crippen LogP contribution in [0.5, 0.6) is 0 Å². The Bertz CT molecular complexity index is 431. The maximum Gasteiger partial charge on any atom is 0.335 e. The molecule has 2 rings (SSSR count). The van der Waals surface area contributed by atoms with Crippen LogP contribution < -0.4 is 5.32 Å². The summed E-state index contributed by atoms with van der Waals surface area (Å²) in [5.41, 5.74) is 2.37. The lowest BCUT2D eigenvalue weighted by molar-refractivity contribution is 0.0697. The minimum Gasteiger partial charge on any atom is -0.478 e. The molecule has 0 aliphatic carbocycles. The molecule has 0 amide bonds. The van der Waals surface area contributed by atoms with Crippen molar-refractivity contribution < 1.29 is 9.90 Å². The number of carboxylic acids is 1. The molecule has 4 nitrogen and oxygen atoms in total. The van der Waals surface area contributed by atoms with Crippen molar-refractivity contribution >= 4 is 11.7 Å². The SMILES string of the molecule is Cc1cc(C(=O)O)ccc1NC1CCN(C)C1. The van der Waals surface area contributed by atoms with Gasteiger partial charge in [-0.1, -0.05) is 0 Å². The Morgan fingerprint density at radius 1 is 1.53 bits per heavy atom. The Morgan fingerprint density at radius 2 is 2.29 bits per heavy atom. The molecule has 1 fully saturated rings. The maximum absolute atomic E-state index is 10.8. The quantitative estimate of drug-likeness (QED) is 0.837. The van der Waals surface area contributed by atoms with Gasteiger partial charge in [0.05, 0.1) is 5.56 Å². The molecule has 1 aromatic carbocycles. The monoisotopic (exact) mass is 234 g/mol. The van der Waals surface area contributed by atoms with Crippen LogP contribution in [0.4, 0.5) is 5.69 Å². The molecule has 1 atom stereocenters. The summed E-state index contributed by atoms with van der Waals surface area (Å²) in [5.74, 6) is -0.875. The average molecular weight is 234 g/mol. The number of nitrogens with one attached hydrogen (secondary N) is 1. The average Bonchev–Trinajstić information content (AvgIpc) is 2.67. The number of hydrogen-bond acceptors (Lipinski definition) is 3. The summed E-state index contributed by atoms with van der Waals surface area (Å²) < 4.78 is 0. The van der Waals surface area contributed by atoms with Crippen molar-refractivity contribution in [3.63, 3.8) is 0 Å². The van der Waals surface area contributed by atoms with Crippen molar-refractivity contribution in [1.82, 2.24) is 4.90 Å². The predicted octanol–water partition coefficient (Wildman–Crippen LogP) is 1.81. The standard InChI is InChI=1S/C13H18N2O2/c1-9-7-10(13(16)17)3-4-12(9)14-11-5-6-15(2)8-11/h3-4,7,11,14H,5-6,8H2,1-2H3,(H,16,17). The van der Waals surface area contributed by atoms with E-state index in [2.05, 4.69) is 17.3 Å². The summed E-state index contributed by atoms with van der Waals surface area (Å²) in [7, 11) is 2.11. The smallest absolute Gasteiger partial charge is 0.335 e. The molecule has 0 radical (unpaired) electrons. The number of nitrogens with zero attached hydrogens (tertiary/aromatic N) is 1. The zero-order valence-corrected chi connectivity index (χ0v) is 10.2. The van der Waals surface area contributed by atoms with Crippen LogP contribution in [0.2, 0.25) is 0 Å². The number of likely N-dealkylation sites (N-methyl/N-ethyl adjacent to an activating group) is 1. The van der Waals surface area contributed by atoms with Gasteiger partial charge in [0, 0.05) is 18.3 Å². The number of rotatable bonds is 3. The van der Waals surface area contributed by atoms with Gasteiger partial charge in [-0.25, -0.2) is 4.79 Å². The van der Waals surface area contributed by atoms with Crippen molar-refractivity contribution in [2.75, 3.05) is 25.5 Å². The van der Waals surface area contributed by atoms with Gasteiger partial charge >= 0.3 is 5.97 Å². The molecule has 1 aliphatic rings. The van der Waals surface area contributed by atoms with Crippen LogP contribution in [-0.2, 0) is 0 Å². The number of carboxylic acid groups (broad SMARTS) is 1. The fourth-order valence-electron chi connectivity index (χ4n) is 2.23. The summed E-state index contributed by atoms with van der Waals surface area (Å²) >= 11 is 0. The van der Waals surface area contributed by atoms with E-state index in [4.69, 9.17) is 5.11 Å². The lowest BCUT2D eigenvalue weighted by Gasteiger charge is -2.16. The minimum absolute atomic E-state index is 0.344. The number of aryl methyl sites for hydroxylation is 1. The van der Waals surface area contributed by atoms with Crippen LogP contribution in [0.1, 0.15) is 22.3 Å². The molecule has 92 valence electrons. The lowest BCUT2D eigenvalue weighted by atomic mass is 10.1. The zero-order valence-electron chi connectivity index (χ0n) is 10.2. The van der Waals surface area contributed by atoms with Gasteiger partial charge in [-0.3, -0.25) is 0 Å². The summed E-state index contributed by atoms with van der Waals surface area (Å²) in [6, 6.07) is 5.69. The first-order valence-electron chi connectivity index (χ1n) is 5.85. The van der Waals surface area contributed by atoms with Gasteiger partial charge in [-0.05, 0) is 50.7 Å². The number of likely N-dealkylation sites (tertiary alicyclic amines) is 1. The molecule has 2 N–H and O–H groups in total. The molecule has 1 aliphatic heterocycles. The Hall–Kier alpha value is -1.55. The highest BCUT2D eigenvalue weighted by Gasteiger charge is 2.19. The molecule has 0 saturated carbocycles. The Balaban J connectivity index is 2.09. The largest absolute Gasteiger partial charge is 0.478 e. The second-order valence-corrected chi connectivity index (χ2v) is 4.73. The zero-order chi connectivity index (χ0) is 12.4. The molecule has 0 spiro atoms. The molecule has 1 saturated heterocycles. The van der Waals surface area contributed by atoms with Gasteiger partial charge in [-0.15, -0.1) is 0 Å². The van der Waals surface area contributed by atoms with Gasteiger partial charge in [-0.2, -0.15) is 0 Å². The van der Waals surface area contributed by atoms with Crippen molar-refractivity contribution in [3.05, 3.63) is 29.3 Å². The van der Waals surface area contributed by atoms with E-state index in [1.165, 1.54) is 0 Å². The minimum atomic E-state index is -0.875. The van der Waals surface area contributed by atoms with Crippen molar-refractivity contribution in [3.8, 4) is 0 Å². The summed E-state index contributed by atoms with van der Waals surface area (Å²) in [5, 5.41) is 12.4. The fourth-order valence-corrected chi connectivity index (χ4v) is 2.23. The Kier molecular flexibility index (Phi) is 3.33. The highest BCUT2D eigenvalue weighted by molar-refractivity contribution is 5.88. The summed E-state index contributed by atoms with van der Waals surface area (Å²) in [6.07, 6.45) is 1.14. The van der Waals surface area contributed by atoms with Gasteiger partial charge in [0.15, 0.2) is 0 Å². The van der Waals surface area contributed by atoms with E-state index in [1.807, 2.05) is 13.0 Å². The van der Waals surface area contributed by atoms with Crippen molar-refractivity contribution in [2.24, 2.45) is 0 Å². The van der Waals surface area contributed by atoms with Crippen molar-refractivity contribution in [2.45, 2.75) is 19.4 Å². The molecule has 0 bridgehead atoms. The summed E-state index contributed by atoms with van der Waals surface area (Å²) in [6.45, 7) is 4.09. The van der Waals surface area contributed by atoms with Gasteiger partial charge in [0.25, 0.3) is 0 Å². The first-order chi connectivity index (χ1) is 8.06. The van der Waals surface area contributed by atoms with E-state index < -0.39 is 5.97 Å². The molecule has 1 heterocycles. The Morgan fingerprint density at radius 3 is 2.82 bits per heavy atom. The lowest BCUT2D eigenvalue weighted by Crippen LogP contribution is -2.23. The van der Waals surface area contributed by atoms with Gasteiger partial charge in [0.2, 0.25) is 0 Å². The molecule has 4 heteroatoms. The highest BCUT2D eigenvalue weighted by atomic mass is 16.4. The molecular formula is C13H18N2O2. The third-order valence-electron chi connectivity index (χ3n) is 3.22. The number of benzene rings is 1. The van der Waals surface area contributed by atoms with E-state index in [-0.39, 0.29) is 0 Å². The first kappa shape index (κ1) is 11.9.